The molecule has 0 unspecified atom stereocenters. The van der Waals surface area contributed by atoms with E-state index in [4.69, 9.17) is 9.47 Å². The summed E-state index contributed by atoms with van der Waals surface area (Å²) in [4.78, 5) is 0. The normalized spacial score (nSPS) is 10.3. The molecule has 0 aliphatic rings. The molecule has 0 amide bonds. The fourth-order valence-electron chi connectivity index (χ4n) is 1.39. The van der Waals surface area contributed by atoms with Crippen LogP contribution in [0, 0.1) is 5.82 Å². The summed E-state index contributed by atoms with van der Waals surface area (Å²) < 4.78 is 23.6. The summed E-state index contributed by atoms with van der Waals surface area (Å²) in [6, 6.07) is 4.81. The van der Waals surface area contributed by atoms with E-state index in [1.807, 2.05) is 0 Å². The second-order valence-electron chi connectivity index (χ2n) is 3.74. The van der Waals surface area contributed by atoms with Gasteiger partial charge < -0.3 is 14.8 Å². The lowest BCUT2D eigenvalue weighted by atomic mass is 10.3. The molecule has 0 saturated heterocycles. The first-order valence-electron chi connectivity index (χ1n) is 5.93. The Kier molecular flexibility index (Phi) is 6.40. The van der Waals surface area contributed by atoms with Crippen LogP contribution in [0.2, 0.25) is 0 Å². The first kappa shape index (κ1) is 13.8. The zero-order valence-electron chi connectivity index (χ0n) is 10.5. The second kappa shape index (κ2) is 7.90. The van der Waals surface area contributed by atoms with Crippen molar-refractivity contribution < 1.29 is 13.9 Å². The van der Waals surface area contributed by atoms with Gasteiger partial charge in [-0.05, 0) is 18.6 Å². The van der Waals surface area contributed by atoms with Crippen LogP contribution in [0.4, 0.5) is 10.1 Å². The first-order chi connectivity index (χ1) is 8.27. The van der Waals surface area contributed by atoms with Crippen LogP contribution in [0.5, 0.6) is 5.75 Å². The molecule has 0 heterocycles. The molecule has 0 bridgehead atoms. The van der Waals surface area contributed by atoms with Crippen molar-refractivity contribution in [3.8, 4) is 5.75 Å². The number of unbranched alkanes of at least 4 members (excludes halogenated alkanes) is 1. The van der Waals surface area contributed by atoms with Crippen molar-refractivity contribution in [1.82, 2.24) is 0 Å². The lowest BCUT2D eigenvalue weighted by molar-refractivity contribution is 0.141. The predicted molar refractivity (Wildman–Crippen MR) is 67.2 cm³/mol. The average Bonchev–Trinajstić information content (AvgIpc) is 2.34. The number of benzene rings is 1. The summed E-state index contributed by atoms with van der Waals surface area (Å²) in [7, 11) is 1.45. The third-order valence-corrected chi connectivity index (χ3v) is 2.37. The summed E-state index contributed by atoms with van der Waals surface area (Å²) in [5.74, 6) is -0.0980. The summed E-state index contributed by atoms with van der Waals surface area (Å²) >= 11 is 0. The average molecular weight is 241 g/mol. The van der Waals surface area contributed by atoms with E-state index in [-0.39, 0.29) is 11.6 Å². The van der Waals surface area contributed by atoms with Gasteiger partial charge in [-0.15, -0.1) is 0 Å². The molecule has 1 aromatic carbocycles. The molecule has 0 aliphatic carbocycles. The number of rotatable bonds is 8. The Labute approximate surface area is 102 Å². The van der Waals surface area contributed by atoms with Crippen LogP contribution in [0.1, 0.15) is 19.8 Å². The third kappa shape index (κ3) is 5.04. The van der Waals surface area contributed by atoms with Crippen LogP contribution in [0.25, 0.3) is 0 Å². The number of hydrogen-bond donors (Lipinski definition) is 1. The molecule has 3 nitrogen and oxygen atoms in total. The van der Waals surface area contributed by atoms with Gasteiger partial charge >= 0.3 is 0 Å². The Morgan fingerprint density at radius 2 is 2.12 bits per heavy atom. The highest BCUT2D eigenvalue weighted by molar-refractivity contribution is 5.47. The van der Waals surface area contributed by atoms with Gasteiger partial charge in [-0.1, -0.05) is 13.3 Å². The lowest BCUT2D eigenvalue weighted by Gasteiger charge is -2.08. The van der Waals surface area contributed by atoms with E-state index in [0.717, 1.165) is 25.1 Å². The molecule has 0 saturated carbocycles. The molecule has 1 aromatic rings. The first-order valence-corrected chi connectivity index (χ1v) is 5.93. The summed E-state index contributed by atoms with van der Waals surface area (Å²) in [6.07, 6.45) is 2.22. The van der Waals surface area contributed by atoms with Crippen LogP contribution in [0.3, 0.4) is 0 Å². The molecule has 0 aliphatic heterocycles. The molecule has 1 N–H and O–H groups in total. The molecule has 0 spiro atoms. The van der Waals surface area contributed by atoms with Gasteiger partial charge in [0, 0.05) is 24.9 Å². The zero-order chi connectivity index (χ0) is 12.5. The van der Waals surface area contributed by atoms with Gasteiger partial charge in [0.25, 0.3) is 0 Å². The van der Waals surface area contributed by atoms with Crippen LogP contribution in [-0.2, 0) is 4.74 Å². The quantitative estimate of drug-likeness (QED) is 0.709. The fraction of sp³-hybridized carbons (Fsp3) is 0.538. The van der Waals surface area contributed by atoms with E-state index in [1.165, 1.54) is 13.2 Å². The number of ether oxygens (including phenoxy) is 2. The molecule has 4 heteroatoms. The minimum absolute atomic E-state index is 0.259. The van der Waals surface area contributed by atoms with Crippen molar-refractivity contribution in [2.24, 2.45) is 0 Å². The van der Waals surface area contributed by atoms with Gasteiger partial charge in [0.1, 0.15) is 0 Å². The van der Waals surface area contributed by atoms with E-state index < -0.39 is 0 Å². The van der Waals surface area contributed by atoms with Gasteiger partial charge in [0.2, 0.25) is 0 Å². The largest absolute Gasteiger partial charge is 0.494 e. The van der Waals surface area contributed by atoms with E-state index in [0.29, 0.717) is 13.2 Å². The van der Waals surface area contributed by atoms with Crippen molar-refractivity contribution in [2.75, 3.05) is 32.2 Å². The van der Waals surface area contributed by atoms with Gasteiger partial charge in [0.15, 0.2) is 11.6 Å². The number of hydrogen-bond acceptors (Lipinski definition) is 3. The van der Waals surface area contributed by atoms with Crippen molar-refractivity contribution in [3.63, 3.8) is 0 Å². The van der Waals surface area contributed by atoms with Crippen molar-refractivity contribution >= 4 is 5.69 Å². The van der Waals surface area contributed by atoms with E-state index >= 15 is 0 Å². The minimum atomic E-state index is -0.357. The second-order valence-corrected chi connectivity index (χ2v) is 3.74. The molecule has 17 heavy (non-hydrogen) atoms. The van der Waals surface area contributed by atoms with E-state index in [2.05, 4.69) is 12.2 Å². The molecular weight excluding hydrogens is 221 g/mol. The van der Waals surface area contributed by atoms with Crippen LogP contribution < -0.4 is 10.1 Å². The summed E-state index contributed by atoms with van der Waals surface area (Å²) in [6.45, 7) is 4.22. The zero-order valence-corrected chi connectivity index (χ0v) is 10.5. The Morgan fingerprint density at radius 1 is 1.29 bits per heavy atom. The maximum absolute atomic E-state index is 13.3. The number of methoxy groups -OCH3 is 1. The van der Waals surface area contributed by atoms with Crippen molar-refractivity contribution in [1.29, 1.82) is 0 Å². The van der Waals surface area contributed by atoms with Gasteiger partial charge in [0.05, 0.1) is 13.7 Å². The van der Waals surface area contributed by atoms with Gasteiger partial charge in [-0.25, -0.2) is 4.39 Å². The predicted octanol–water partition coefficient (Wildman–Crippen LogP) is 3.06. The lowest BCUT2D eigenvalue weighted by Crippen LogP contribution is -2.10. The number of halogens is 1. The molecule has 0 aromatic heterocycles. The molecule has 96 valence electrons. The van der Waals surface area contributed by atoms with Crippen LogP contribution in [0.15, 0.2) is 18.2 Å². The summed E-state index contributed by atoms with van der Waals surface area (Å²) in [5.41, 5.74) is 0.738. The van der Waals surface area contributed by atoms with Crippen LogP contribution in [-0.4, -0.2) is 26.9 Å². The van der Waals surface area contributed by atoms with Crippen LogP contribution >= 0.6 is 0 Å². The molecular formula is C13H20FNO2. The Morgan fingerprint density at radius 3 is 2.76 bits per heavy atom. The van der Waals surface area contributed by atoms with E-state index in [9.17, 15) is 4.39 Å². The molecule has 0 radical (unpaired) electrons. The Balaban J connectivity index is 2.25. The number of nitrogens with one attached hydrogen (secondary N) is 1. The topological polar surface area (TPSA) is 30.5 Å². The maximum atomic E-state index is 13.3. The highest BCUT2D eigenvalue weighted by Crippen LogP contribution is 2.20. The fourth-order valence-corrected chi connectivity index (χ4v) is 1.39. The standard InChI is InChI=1S/C13H20FNO2/c1-3-4-8-17-9-7-15-11-5-6-13(16-2)12(14)10-11/h5-6,10,15H,3-4,7-9H2,1-2H3. The Hall–Kier alpha value is -1.29. The maximum Gasteiger partial charge on any atom is 0.167 e. The SMILES string of the molecule is CCCCOCCNc1ccc(OC)c(F)c1. The smallest absolute Gasteiger partial charge is 0.167 e. The highest BCUT2D eigenvalue weighted by atomic mass is 19.1. The van der Waals surface area contributed by atoms with E-state index in [1.54, 1.807) is 12.1 Å². The molecule has 1 rings (SSSR count). The van der Waals surface area contributed by atoms with Gasteiger partial charge in [-0.2, -0.15) is 0 Å². The third-order valence-electron chi connectivity index (χ3n) is 2.37. The van der Waals surface area contributed by atoms with Crippen molar-refractivity contribution in [2.45, 2.75) is 19.8 Å². The van der Waals surface area contributed by atoms with Gasteiger partial charge in [-0.3, -0.25) is 0 Å². The minimum Gasteiger partial charge on any atom is -0.494 e. The van der Waals surface area contributed by atoms with Crippen molar-refractivity contribution in [3.05, 3.63) is 24.0 Å². The summed E-state index contributed by atoms with van der Waals surface area (Å²) in [5, 5.41) is 3.09. The molecule has 0 atom stereocenters. The monoisotopic (exact) mass is 241 g/mol. The number of anilines is 1. The molecule has 0 fully saturated rings. The highest BCUT2D eigenvalue weighted by Gasteiger charge is 2.02. The Bertz CT molecular complexity index is 331.